The molecule has 0 atom stereocenters. The quantitative estimate of drug-likeness (QED) is 0.504. The van der Waals surface area contributed by atoms with E-state index in [0.717, 1.165) is 19.1 Å². The predicted octanol–water partition coefficient (Wildman–Crippen LogP) is 1.43. The topological polar surface area (TPSA) is 34.9 Å². The molecular formula is C10H12N2O. The molecule has 1 heterocycles. The average Bonchev–Trinajstić information content (AvgIpc) is 2.58. The lowest BCUT2D eigenvalue weighted by Gasteiger charge is -2.11. The fourth-order valence-corrected chi connectivity index (χ4v) is 1.76. The van der Waals surface area contributed by atoms with Crippen molar-refractivity contribution in [2.24, 2.45) is 0 Å². The first kappa shape index (κ1) is 8.23. The van der Waals surface area contributed by atoms with Crippen molar-refractivity contribution in [3.8, 4) is 0 Å². The molecule has 0 aliphatic heterocycles. The van der Waals surface area contributed by atoms with Gasteiger partial charge in [0.25, 0.3) is 0 Å². The Hall–Kier alpha value is -1.38. The lowest BCUT2D eigenvalue weighted by Crippen LogP contribution is -2.04. The molecule has 0 amide bonds. The molecule has 0 radical (unpaired) electrons. The molecule has 0 fully saturated rings. The second-order valence-electron chi connectivity index (χ2n) is 3.25. The molecular weight excluding hydrogens is 164 g/mol. The van der Waals surface area contributed by atoms with Crippen molar-refractivity contribution in [1.29, 1.82) is 0 Å². The Balaban J connectivity index is 2.31. The molecule has 0 saturated heterocycles. The third kappa shape index (κ3) is 1.54. The van der Waals surface area contributed by atoms with Crippen LogP contribution in [0.15, 0.2) is 12.3 Å². The maximum atomic E-state index is 10.1. The Kier molecular flexibility index (Phi) is 2.25. The van der Waals surface area contributed by atoms with Gasteiger partial charge in [-0.05, 0) is 37.3 Å². The molecule has 1 aliphatic rings. The van der Waals surface area contributed by atoms with Crippen molar-refractivity contribution in [1.82, 2.24) is 9.78 Å². The molecule has 0 spiro atoms. The van der Waals surface area contributed by atoms with Gasteiger partial charge in [-0.25, -0.2) is 4.68 Å². The van der Waals surface area contributed by atoms with Gasteiger partial charge in [-0.1, -0.05) is 0 Å². The van der Waals surface area contributed by atoms with Crippen LogP contribution in [0.4, 0.5) is 0 Å². The number of rotatable bonds is 2. The van der Waals surface area contributed by atoms with E-state index in [1.165, 1.54) is 30.2 Å². The van der Waals surface area contributed by atoms with E-state index in [1.54, 1.807) is 6.20 Å². The summed E-state index contributed by atoms with van der Waals surface area (Å²) < 4.78 is 1.81. The number of aryl methyl sites for hydroxylation is 1. The second-order valence-corrected chi connectivity index (χ2v) is 3.25. The molecule has 1 aromatic heterocycles. The number of fused-ring (bicyclic) bond motifs is 1. The van der Waals surface area contributed by atoms with Crippen LogP contribution >= 0.6 is 0 Å². The number of allylic oxidation sites excluding steroid dienone is 1. The molecule has 0 aromatic carbocycles. The highest BCUT2D eigenvalue weighted by molar-refractivity contribution is 5.69. The number of aromatic nitrogens is 2. The van der Waals surface area contributed by atoms with Crippen LogP contribution in [0.5, 0.6) is 0 Å². The summed E-state index contributed by atoms with van der Waals surface area (Å²) in [6, 6.07) is 0. The summed E-state index contributed by atoms with van der Waals surface area (Å²) in [7, 11) is 0. The van der Waals surface area contributed by atoms with Gasteiger partial charge in [0.05, 0.1) is 6.20 Å². The van der Waals surface area contributed by atoms with Gasteiger partial charge < -0.3 is 0 Å². The number of carbonyl (C=O) groups excluding carboxylic acids is 1. The molecule has 1 aromatic rings. The summed E-state index contributed by atoms with van der Waals surface area (Å²) in [6.07, 6.45) is 10.6. The van der Waals surface area contributed by atoms with Gasteiger partial charge >= 0.3 is 0 Å². The highest BCUT2D eigenvalue weighted by atomic mass is 16.1. The lowest BCUT2D eigenvalue weighted by molar-refractivity contribution is -0.104. The van der Waals surface area contributed by atoms with E-state index >= 15 is 0 Å². The second kappa shape index (κ2) is 3.56. The van der Waals surface area contributed by atoms with Crippen LogP contribution in [0.3, 0.4) is 0 Å². The van der Waals surface area contributed by atoms with E-state index in [0.29, 0.717) is 0 Å². The molecule has 3 heteroatoms. The van der Waals surface area contributed by atoms with E-state index in [2.05, 4.69) is 5.10 Å². The fraction of sp³-hybridized carbons (Fsp3) is 0.400. The molecule has 0 bridgehead atoms. The third-order valence-corrected chi connectivity index (χ3v) is 2.40. The van der Waals surface area contributed by atoms with Crippen molar-refractivity contribution in [2.75, 3.05) is 0 Å². The summed E-state index contributed by atoms with van der Waals surface area (Å²) in [4.78, 5) is 10.1. The summed E-state index contributed by atoms with van der Waals surface area (Å²) in [5, 5.41) is 4.21. The van der Waals surface area contributed by atoms with Crippen LogP contribution in [0.25, 0.3) is 6.20 Å². The fourth-order valence-electron chi connectivity index (χ4n) is 1.76. The van der Waals surface area contributed by atoms with Gasteiger partial charge in [0.2, 0.25) is 0 Å². The molecule has 1 aliphatic carbocycles. The van der Waals surface area contributed by atoms with Crippen molar-refractivity contribution >= 4 is 12.5 Å². The van der Waals surface area contributed by atoms with Crippen LogP contribution in [0, 0.1) is 0 Å². The number of hydrogen-bond donors (Lipinski definition) is 0. The van der Waals surface area contributed by atoms with Crippen LogP contribution in [-0.4, -0.2) is 16.1 Å². The highest BCUT2D eigenvalue weighted by Crippen LogP contribution is 2.20. The molecule has 0 unspecified atom stereocenters. The Bertz CT molecular complexity index is 339. The average molecular weight is 176 g/mol. The highest BCUT2D eigenvalue weighted by Gasteiger charge is 2.13. The first-order valence-corrected chi connectivity index (χ1v) is 4.59. The van der Waals surface area contributed by atoms with Gasteiger partial charge in [-0.15, -0.1) is 0 Å². The Morgan fingerprint density at radius 1 is 1.38 bits per heavy atom. The Morgan fingerprint density at radius 3 is 3.08 bits per heavy atom. The first-order valence-electron chi connectivity index (χ1n) is 4.59. The van der Waals surface area contributed by atoms with Crippen LogP contribution in [0.2, 0.25) is 0 Å². The largest absolute Gasteiger partial charge is 0.299 e. The van der Waals surface area contributed by atoms with Crippen LogP contribution in [0.1, 0.15) is 24.1 Å². The summed E-state index contributed by atoms with van der Waals surface area (Å²) in [5.41, 5.74) is 2.60. The van der Waals surface area contributed by atoms with Gasteiger partial charge in [-0.2, -0.15) is 5.10 Å². The van der Waals surface area contributed by atoms with E-state index in [-0.39, 0.29) is 0 Å². The normalized spacial score (nSPS) is 16.0. The number of carbonyl (C=O) groups is 1. The number of aldehydes is 1. The lowest BCUT2D eigenvalue weighted by atomic mass is 9.98. The van der Waals surface area contributed by atoms with Crippen molar-refractivity contribution in [2.45, 2.75) is 25.7 Å². The third-order valence-electron chi connectivity index (χ3n) is 2.40. The van der Waals surface area contributed by atoms with E-state index in [4.69, 9.17) is 0 Å². The van der Waals surface area contributed by atoms with E-state index in [1.807, 2.05) is 10.9 Å². The molecule has 3 nitrogen and oxygen atoms in total. The number of hydrogen-bond acceptors (Lipinski definition) is 2. The zero-order valence-corrected chi connectivity index (χ0v) is 7.44. The maximum Gasteiger partial charge on any atom is 0.144 e. The minimum absolute atomic E-state index is 0.775. The van der Waals surface area contributed by atoms with Gasteiger partial charge in [0.1, 0.15) is 6.29 Å². The smallest absolute Gasteiger partial charge is 0.144 e. The summed E-state index contributed by atoms with van der Waals surface area (Å²) >= 11 is 0. The minimum Gasteiger partial charge on any atom is -0.299 e. The summed E-state index contributed by atoms with van der Waals surface area (Å²) in [6.45, 7) is 0. The van der Waals surface area contributed by atoms with Gasteiger partial charge in [-0.3, -0.25) is 4.79 Å². The SMILES string of the molecule is O=C/C=C/n1ncc2c1CCCC2. The Morgan fingerprint density at radius 2 is 2.23 bits per heavy atom. The molecule has 13 heavy (non-hydrogen) atoms. The standard InChI is InChI=1S/C10H12N2O/c13-7-3-6-12-10-5-2-1-4-9(10)8-11-12/h3,6-8H,1-2,4-5H2/b6-3+. The zero-order valence-electron chi connectivity index (χ0n) is 7.44. The van der Waals surface area contributed by atoms with E-state index < -0.39 is 0 Å². The number of nitrogens with zero attached hydrogens (tertiary/aromatic N) is 2. The predicted molar refractivity (Wildman–Crippen MR) is 50.3 cm³/mol. The first-order chi connectivity index (χ1) is 6.42. The molecule has 68 valence electrons. The molecule has 0 saturated carbocycles. The van der Waals surface area contributed by atoms with Gasteiger partial charge in [0, 0.05) is 11.9 Å². The minimum atomic E-state index is 0.775. The van der Waals surface area contributed by atoms with Gasteiger partial charge in [0.15, 0.2) is 0 Å². The van der Waals surface area contributed by atoms with Crippen molar-refractivity contribution < 1.29 is 4.79 Å². The van der Waals surface area contributed by atoms with Crippen molar-refractivity contribution in [3.63, 3.8) is 0 Å². The molecule has 0 N–H and O–H groups in total. The summed E-state index contributed by atoms with van der Waals surface area (Å²) in [5.74, 6) is 0. The molecule has 2 rings (SSSR count). The zero-order chi connectivity index (χ0) is 9.10. The Labute approximate surface area is 77.1 Å². The van der Waals surface area contributed by atoms with E-state index in [9.17, 15) is 4.79 Å². The van der Waals surface area contributed by atoms with Crippen molar-refractivity contribution in [3.05, 3.63) is 23.5 Å². The maximum absolute atomic E-state index is 10.1. The van der Waals surface area contributed by atoms with Crippen LogP contribution in [-0.2, 0) is 17.6 Å². The monoisotopic (exact) mass is 176 g/mol. The van der Waals surface area contributed by atoms with Crippen LogP contribution < -0.4 is 0 Å².